The lowest BCUT2D eigenvalue weighted by Gasteiger charge is -2.26. The van der Waals surface area contributed by atoms with Crippen molar-refractivity contribution in [1.82, 2.24) is 9.62 Å². The predicted molar refractivity (Wildman–Crippen MR) is 101 cm³/mol. The molecule has 8 heteroatoms. The number of esters is 1. The van der Waals surface area contributed by atoms with Gasteiger partial charge in [-0.15, -0.1) is 11.3 Å². The number of benzene rings is 1. The van der Waals surface area contributed by atoms with Gasteiger partial charge in [-0.2, -0.15) is 0 Å². The van der Waals surface area contributed by atoms with Crippen molar-refractivity contribution in [2.24, 2.45) is 0 Å². The van der Waals surface area contributed by atoms with Crippen molar-refractivity contribution in [3.63, 3.8) is 0 Å². The van der Waals surface area contributed by atoms with Crippen LogP contribution in [0, 0.1) is 0 Å². The van der Waals surface area contributed by atoms with Gasteiger partial charge in [0, 0.05) is 11.4 Å². The molecule has 2 heterocycles. The third kappa shape index (κ3) is 4.32. The number of ether oxygens (including phenoxy) is 1. The maximum atomic E-state index is 12.6. The Bertz CT molecular complexity index is 827. The van der Waals surface area contributed by atoms with E-state index in [1.807, 2.05) is 17.5 Å². The summed E-state index contributed by atoms with van der Waals surface area (Å²) in [5.41, 5.74) is 0.319. The number of likely N-dealkylation sites (tertiary alicyclic amines) is 1. The van der Waals surface area contributed by atoms with Crippen LogP contribution in [0.15, 0.2) is 46.7 Å². The van der Waals surface area contributed by atoms with E-state index in [-0.39, 0.29) is 10.9 Å². The van der Waals surface area contributed by atoms with Crippen LogP contribution in [0.4, 0.5) is 0 Å². The molecule has 26 heavy (non-hydrogen) atoms. The molecule has 1 aliphatic rings. The quantitative estimate of drug-likeness (QED) is 0.731. The molecule has 1 fully saturated rings. The Balaban J connectivity index is 1.72. The van der Waals surface area contributed by atoms with E-state index < -0.39 is 16.0 Å². The molecule has 0 bridgehead atoms. The second-order valence-electron chi connectivity index (χ2n) is 6.14. The summed E-state index contributed by atoms with van der Waals surface area (Å²) < 4.78 is 32.6. The van der Waals surface area contributed by atoms with Crippen molar-refractivity contribution in [2.45, 2.75) is 23.8 Å². The molecule has 140 valence electrons. The molecule has 6 nitrogen and oxygen atoms in total. The highest BCUT2D eigenvalue weighted by Gasteiger charge is 2.26. The molecule has 1 saturated heterocycles. The highest BCUT2D eigenvalue weighted by atomic mass is 32.2. The largest absolute Gasteiger partial charge is 0.465 e. The molecule has 0 radical (unpaired) electrons. The fourth-order valence-electron chi connectivity index (χ4n) is 3.10. The van der Waals surface area contributed by atoms with Gasteiger partial charge in [-0.05, 0) is 61.6 Å². The van der Waals surface area contributed by atoms with Crippen LogP contribution in [0.3, 0.4) is 0 Å². The summed E-state index contributed by atoms with van der Waals surface area (Å²) in [5.74, 6) is -0.492. The fraction of sp³-hybridized carbons (Fsp3) is 0.389. The van der Waals surface area contributed by atoms with Crippen molar-refractivity contribution in [3.05, 3.63) is 52.2 Å². The summed E-state index contributed by atoms with van der Waals surface area (Å²) in [6.07, 6.45) is 2.28. The lowest BCUT2D eigenvalue weighted by atomic mass is 10.2. The van der Waals surface area contributed by atoms with E-state index in [0.29, 0.717) is 12.1 Å². The second-order valence-corrected chi connectivity index (χ2v) is 8.89. The van der Waals surface area contributed by atoms with Gasteiger partial charge in [0.05, 0.1) is 23.6 Å². The number of hydrogen-bond acceptors (Lipinski definition) is 6. The molecule has 1 aromatic carbocycles. The molecule has 0 aliphatic carbocycles. The van der Waals surface area contributed by atoms with Crippen LogP contribution in [0.2, 0.25) is 0 Å². The van der Waals surface area contributed by atoms with Gasteiger partial charge in [0.15, 0.2) is 0 Å². The van der Waals surface area contributed by atoms with Gasteiger partial charge in [0.25, 0.3) is 0 Å². The van der Waals surface area contributed by atoms with Crippen molar-refractivity contribution in [3.8, 4) is 0 Å². The molecule has 2 aromatic rings. The number of hydrogen-bond donors (Lipinski definition) is 1. The van der Waals surface area contributed by atoms with Gasteiger partial charge in [-0.25, -0.2) is 17.9 Å². The lowest BCUT2D eigenvalue weighted by Crippen LogP contribution is -2.36. The zero-order chi connectivity index (χ0) is 18.6. The number of thiophene rings is 1. The maximum absolute atomic E-state index is 12.6. The Labute approximate surface area is 157 Å². The average Bonchev–Trinajstić information content (AvgIpc) is 3.36. The smallest absolute Gasteiger partial charge is 0.337 e. The highest BCUT2D eigenvalue weighted by molar-refractivity contribution is 7.89. The van der Waals surface area contributed by atoms with Gasteiger partial charge < -0.3 is 4.74 Å². The minimum Gasteiger partial charge on any atom is -0.465 e. The molecule has 1 atom stereocenters. The van der Waals surface area contributed by atoms with Crippen molar-refractivity contribution in [1.29, 1.82) is 0 Å². The summed E-state index contributed by atoms with van der Waals surface area (Å²) in [7, 11) is -2.36. The van der Waals surface area contributed by atoms with E-state index in [4.69, 9.17) is 0 Å². The Kier molecular flexibility index (Phi) is 6.08. The maximum Gasteiger partial charge on any atom is 0.337 e. The SMILES string of the molecule is COC(=O)c1ccc(S(=O)(=O)NCC(c2cccs2)N2CCCC2)cc1. The first kappa shape index (κ1) is 19.0. The zero-order valence-electron chi connectivity index (χ0n) is 14.6. The topological polar surface area (TPSA) is 75.7 Å². The molecule has 0 amide bonds. The number of carbonyl (C=O) groups is 1. The lowest BCUT2D eigenvalue weighted by molar-refractivity contribution is 0.0600. The summed E-state index contributed by atoms with van der Waals surface area (Å²) in [6.45, 7) is 2.29. The van der Waals surface area contributed by atoms with Crippen molar-refractivity contribution in [2.75, 3.05) is 26.7 Å². The molecule has 0 saturated carbocycles. The van der Waals surface area contributed by atoms with Crippen LogP contribution in [-0.4, -0.2) is 46.0 Å². The van der Waals surface area contributed by atoms with E-state index in [1.54, 1.807) is 11.3 Å². The third-order valence-corrected chi connectivity index (χ3v) is 6.92. The summed E-state index contributed by atoms with van der Waals surface area (Å²) in [4.78, 5) is 15.1. The number of nitrogens with zero attached hydrogens (tertiary/aromatic N) is 1. The van der Waals surface area contributed by atoms with Gasteiger partial charge in [0.1, 0.15) is 0 Å². The monoisotopic (exact) mass is 394 g/mol. The second kappa shape index (κ2) is 8.30. The summed E-state index contributed by atoms with van der Waals surface area (Å²) in [6, 6.07) is 9.84. The number of rotatable bonds is 7. The van der Waals surface area contributed by atoms with Crippen molar-refractivity contribution >= 4 is 27.3 Å². The number of sulfonamides is 1. The summed E-state index contributed by atoms with van der Waals surface area (Å²) in [5, 5.41) is 2.01. The van der Waals surface area contributed by atoms with Crippen LogP contribution >= 0.6 is 11.3 Å². The van der Waals surface area contributed by atoms with Crippen LogP contribution < -0.4 is 4.72 Å². The number of methoxy groups -OCH3 is 1. The van der Waals surface area contributed by atoms with Crippen LogP contribution in [0.5, 0.6) is 0 Å². The first-order valence-corrected chi connectivity index (χ1v) is 10.8. The van der Waals surface area contributed by atoms with Gasteiger partial charge >= 0.3 is 5.97 Å². The standard InChI is InChI=1S/C18H22N2O4S2/c1-24-18(21)14-6-8-15(9-7-14)26(22,23)19-13-16(17-5-4-12-25-17)20-10-2-3-11-20/h4-9,12,16,19H,2-3,10-11,13H2,1H3. The first-order valence-electron chi connectivity index (χ1n) is 8.47. The third-order valence-electron chi connectivity index (χ3n) is 4.51. The molecule has 0 spiro atoms. The van der Waals surface area contributed by atoms with Gasteiger partial charge in [-0.3, -0.25) is 4.90 Å². The van der Waals surface area contributed by atoms with E-state index in [2.05, 4.69) is 14.4 Å². The Morgan fingerprint density at radius 2 is 1.92 bits per heavy atom. The molecule has 3 rings (SSSR count). The van der Waals surface area contributed by atoms with Crippen molar-refractivity contribution < 1.29 is 17.9 Å². The van der Waals surface area contributed by atoms with Gasteiger partial charge in [0.2, 0.25) is 10.0 Å². The molecule has 1 aromatic heterocycles. The van der Waals surface area contributed by atoms with Crippen LogP contribution in [-0.2, 0) is 14.8 Å². The Morgan fingerprint density at radius 3 is 2.50 bits per heavy atom. The van der Waals surface area contributed by atoms with E-state index in [1.165, 1.54) is 31.4 Å². The van der Waals surface area contributed by atoms with E-state index >= 15 is 0 Å². The molecule has 1 unspecified atom stereocenters. The zero-order valence-corrected chi connectivity index (χ0v) is 16.2. The minimum atomic E-state index is -3.65. The predicted octanol–water partition coefficient (Wildman–Crippen LogP) is 2.65. The average molecular weight is 395 g/mol. The Morgan fingerprint density at radius 1 is 1.23 bits per heavy atom. The van der Waals surface area contributed by atoms with E-state index in [9.17, 15) is 13.2 Å². The summed E-state index contributed by atoms with van der Waals surface area (Å²) >= 11 is 1.64. The van der Waals surface area contributed by atoms with Crippen LogP contribution in [0.25, 0.3) is 0 Å². The normalized spacial score (nSPS) is 16.5. The number of carbonyl (C=O) groups excluding carboxylic acids is 1. The molecular weight excluding hydrogens is 372 g/mol. The number of nitrogens with one attached hydrogen (secondary N) is 1. The molecular formula is C18H22N2O4S2. The Hall–Kier alpha value is -1.74. The van der Waals surface area contributed by atoms with Gasteiger partial charge in [-0.1, -0.05) is 6.07 Å². The van der Waals surface area contributed by atoms with E-state index in [0.717, 1.165) is 30.8 Å². The fourth-order valence-corrected chi connectivity index (χ4v) is 5.00. The first-order chi connectivity index (χ1) is 12.5. The highest BCUT2D eigenvalue weighted by Crippen LogP contribution is 2.28. The van der Waals surface area contributed by atoms with Crippen LogP contribution in [0.1, 0.15) is 34.1 Å². The molecule has 1 N–H and O–H groups in total. The molecule has 1 aliphatic heterocycles. The minimum absolute atomic E-state index is 0.0432.